The normalized spacial score (nSPS) is 21.0. The van der Waals surface area contributed by atoms with E-state index >= 15 is 0 Å². The van der Waals surface area contributed by atoms with Crippen LogP contribution in [0.5, 0.6) is 0 Å². The van der Waals surface area contributed by atoms with Crippen molar-refractivity contribution in [2.75, 3.05) is 14.1 Å². The number of nitrogens with zero attached hydrogens (tertiary/aromatic N) is 1. The van der Waals surface area contributed by atoms with Gasteiger partial charge in [-0.15, -0.1) is 0 Å². The van der Waals surface area contributed by atoms with Crippen molar-refractivity contribution >= 4 is 29.1 Å². The lowest BCUT2D eigenvalue weighted by atomic mass is 10.1. The Bertz CT molecular complexity index is 280. The van der Waals surface area contributed by atoms with Crippen LogP contribution in [0.15, 0.2) is 0 Å². The summed E-state index contributed by atoms with van der Waals surface area (Å²) >= 11 is 4.90. The van der Waals surface area contributed by atoms with Crippen LogP contribution in [0.25, 0.3) is 0 Å². The molecule has 0 radical (unpaired) electrons. The van der Waals surface area contributed by atoms with E-state index in [9.17, 15) is 9.59 Å². The Morgan fingerprint density at radius 3 is 2.79 bits per heavy atom. The SMILES string of the molecule is CNC(=O)CCC1NC(=S)N(C)C1=O. The van der Waals surface area contributed by atoms with Gasteiger partial charge in [0.2, 0.25) is 5.91 Å². The molecule has 0 bridgehead atoms. The Morgan fingerprint density at radius 1 is 1.71 bits per heavy atom. The van der Waals surface area contributed by atoms with Crippen LogP contribution in [0.1, 0.15) is 12.8 Å². The van der Waals surface area contributed by atoms with Crippen LogP contribution in [-0.4, -0.2) is 42.0 Å². The van der Waals surface area contributed by atoms with Crippen molar-refractivity contribution < 1.29 is 9.59 Å². The van der Waals surface area contributed by atoms with Crippen LogP contribution in [0.3, 0.4) is 0 Å². The first-order valence-electron chi connectivity index (χ1n) is 4.35. The third kappa shape index (κ3) is 2.20. The van der Waals surface area contributed by atoms with Crippen molar-refractivity contribution in [2.45, 2.75) is 18.9 Å². The fraction of sp³-hybridized carbons (Fsp3) is 0.625. The maximum absolute atomic E-state index is 11.5. The van der Waals surface area contributed by atoms with Gasteiger partial charge in [-0.25, -0.2) is 0 Å². The standard InChI is InChI=1S/C8H13N3O2S/c1-9-6(12)4-3-5-7(13)11(2)8(14)10-5/h5H,3-4H2,1-2H3,(H,9,12)(H,10,14). The maximum atomic E-state index is 11.5. The van der Waals surface area contributed by atoms with Gasteiger partial charge in [-0.1, -0.05) is 0 Å². The minimum Gasteiger partial charge on any atom is -0.359 e. The van der Waals surface area contributed by atoms with E-state index in [1.54, 1.807) is 14.1 Å². The molecule has 1 saturated heterocycles. The molecule has 0 saturated carbocycles. The molecule has 0 aliphatic carbocycles. The van der Waals surface area contributed by atoms with Gasteiger partial charge in [-0.3, -0.25) is 14.5 Å². The quantitative estimate of drug-likeness (QED) is 0.607. The van der Waals surface area contributed by atoms with Gasteiger partial charge in [0.05, 0.1) is 0 Å². The molecule has 78 valence electrons. The average Bonchev–Trinajstić information content (AvgIpc) is 2.42. The van der Waals surface area contributed by atoms with E-state index in [4.69, 9.17) is 12.2 Å². The highest BCUT2D eigenvalue weighted by molar-refractivity contribution is 7.80. The molecule has 0 spiro atoms. The number of carbonyl (C=O) groups is 2. The third-order valence-electron chi connectivity index (χ3n) is 2.17. The molecule has 0 aromatic rings. The Hall–Kier alpha value is -1.17. The van der Waals surface area contributed by atoms with Crippen LogP contribution < -0.4 is 10.6 Å². The Morgan fingerprint density at radius 2 is 2.36 bits per heavy atom. The fourth-order valence-electron chi connectivity index (χ4n) is 1.24. The summed E-state index contributed by atoms with van der Waals surface area (Å²) in [5, 5.41) is 5.79. The Labute approximate surface area is 87.8 Å². The van der Waals surface area contributed by atoms with E-state index in [-0.39, 0.29) is 17.9 Å². The predicted octanol–water partition coefficient (Wildman–Crippen LogP) is -0.772. The van der Waals surface area contributed by atoms with E-state index in [1.807, 2.05) is 0 Å². The topological polar surface area (TPSA) is 61.4 Å². The summed E-state index contributed by atoms with van der Waals surface area (Å²) in [6, 6.07) is -0.343. The number of likely N-dealkylation sites (N-methyl/N-ethyl adjacent to an activating group) is 1. The van der Waals surface area contributed by atoms with Crippen LogP contribution in [-0.2, 0) is 9.59 Å². The zero-order valence-corrected chi connectivity index (χ0v) is 8.98. The van der Waals surface area contributed by atoms with Gasteiger partial charge in [0.25, 0.3) is 5.91 Å². The van der Waals surface area contributed by atoms with Crippen molar-refractivity contribution in [3.05, 3.63) is 0 Å². The molecule has 5 nitrogen and oxygen atoms in total. The zero-order valence-electron chi connectivity index (χ0n) is 8.16. The number of hydrogen-bond acceptors (Lipinski definition) is 3. The Balaban J connectivity index is 2.44. The highest BCUT2D eigenvalue weighted by Crippen LogP contribution is 2.08. The highest BCUT2D eigenvalue weighted by Gasteiger charge is 2.32. The second-order valence-electron chi connectivity index (χ2n) is 3.11. The largest absolute Gasteiger partial charge is 0.359 e. The molecule has 1 unspecified atom stereocenters. The molecule has 6 heteroatoms. The molecule has 1 aliphatic rings. The second-order valence-corrected chi connectivity index (χ2v) is 3.50. The van der Waals surface area contributed by atoms with E-state index in [0.717, 1.165) is 0 Å². The number of thiocarbonyl (C=S) groups is 1. The van der Waals surface area contributed by atoms with E-state index < -0.39 is 0 Å². The third-order valence-corrected chi connectivity index (χ3v) is 2.56. The molecule has 1 heterocycles. The molecule has 14 heavy (non-hydrogen) atoms. The van der Waals surface area contributed by atoms with Crippen LogP contribution in [0, 0.1) is 0 Å². The first kappa shape index (κ1) is 10.9. The number of nitrogens with one attached hydrogen (secondary N) is 2. The summed E-state index contributed by atoms with van der Waals surface area (Å²) in [6.07, 6.45) is 0.805. The van der Waals surface area contributed by atoms with Gasteiger partial charge in [0, 0.05) is 20.5 Å². The molecular weight excluding hydrogens is 202 g/mol. The van der Waals surface area contributed by atoms with Crippen LogP contribution >= 0.6 is 12.2 Å². The summed E-state index contributed by atoms with van der Waals surface area (Å²) in [5.41, 5.74) is 0. The van der Waals surface area contributed by atoms with Gasteiger partial charge in [0.1, 0.15) is 6.04 Å². The molecule has 1 fully saturated rings. The van der Waals surface area contributed by atoms with Crippen molar-refractivity contribution in [2.24, 2.45) is 0 Å². The molecule has 1 atom stereocenters. The number of amides is 2. The zero-order chi connectivity index (χ0) is 10.7. The first-order valence-corrected chi connectivity index (χ1v) is 4.75. The second kappa shape index (κ2) is 4.36. The summed E-state index contributed by atoms with van der Waals surface area (Å²) < 4.78 is 0. The number of hydrogen-bond donors (Lipinski definition) is 2. The molecule has 0 aromatic heterocycles. The van der Waals surface area contributed by atoms with Gasteiger partial charge < -0.3 is 10.6 Å². The summed E-state index contributed by atoms with van der Waals surface area (Å²) in [7, 11) is 3.19. The van der Waals surface area contributed by atoms with Gasteiger partial charge in [-0.05, 0) is 18.6 Å². The highest BCUT2D eigenvalue weighted by atomic mass is 32.1. The van der Waals surface area contributed by atoms with E-state index in [1.165, 1.54) is 4.90 Å². The maximum Gasteiger partial charge on any atom is 0.251 e. The fourth-order valence-corrected chi connectivity index (χ4v) is 1.47. The summed E-state index contributed by atoms with van der Waals surface area (Å²) in [6.45, 7) is 0. The van der Waals surface area contributed by atoms with E-state index in [2.05, 4.69) is 10.6 Å². The van der Waals surface area contributed by atoms with Crippen molar-refractivity contribution in [1.82, 2.24) is 15.5 Å². The monoisotopic (exact) mass is 215 g/mol. The lowest BCUT2D eigenvalue weighted by Gasteiger charge is -2.07. The molecule has 2 N–H and O–H groups in total. The lowest BCUT2D eigenvalue weighted by Crippen LogP contribution is -2.31. The van der Waals surface area contributed by atoms with Gasteiger partial charge >= 0.3 is 0 Å². The molecule has 1 aliphatic heterocycles. The minimum atomic E-state index is -0.343. The number of rotatable bonds is 3. The molecule has 2 amide bonds. The first-order chi connectivity index (χ1) is 6.56. The van der Waals surface area contributed by atoms with Crippen molar-refractivity contribution in [1.29, 1.82) is 0 Å². The number of carbonyl (C=O) groups excluding carboxylic acids is 2. The predicted molar refractivity (Wildman–Crippen MR) is 55.6 cm³/mol. The van der Waals surface area contributed by atoms with Crippen LogP contribution in [0.2, 0.25) is 0 Å². The molecule has 1 rings (SSSR count). The summed E-state index contributed by atoms with van der Waals surface area (Å²) in [5.74, 6) is -0.140. The summed E-state index contributed by atoms with van der Waals surface area (Å²) in [4.78, 5) is 23.8. The average molecular weight is 215 g/mol. The smallest absolute Gasteiger partial charge is 0.251 e. The van der Waals surface area contributed by atoms with Gasteiger partial charge in [-0.2, -0.15) is 0 Å². The lowest BCUT2D eigenvalue weighted by molar-refractivity contribution is -0.126. The Kier molecular flexibility index (Phi) is 3.40. The van der Waals surface area contributed by atoms with E-state index in [0.29, 0.717) is 18.0 Å². The molecule has 0 aromatic carbocycles. The minimum absolute atomic E-state index is 0.0694. The van der Waals surface area contributed by atoms with Crippen LogP contribution in [0.4, 0.5) is 0 Å². The molecular formula is C8H13N3O2S. The van der Waals surface area contributed by atoms with Gasteiger partial charge in [0.15, 0.2) is 5.11 Å². The van der Waals surface area contributed by atoms with Crippen molar-refractivity contribution in [3.8, 4) is 0 Å². The van der Waals surface area contributed by atoms with Crippen molar-refractivity contribution in [3.63, 3.8) is 0 Å².